The molecule has 0 atom stereocenters. The fraction of sp³-hybridized carbons (Fsp3) is 0.455. The molecular weight excluding hydrogens is 263 g/mol. The number of carbonyl (C=O) groups is 1. The maximum atomic E-state index is 12.5. The van der Waals surface area contributed by atoms with Gasteiger partial charge in [0.2, 0.25) is 5.88 Å². The van der Waals surface area contributed by atoms with Gasteiger partial charge in [0.1, 0.15) is 17.9 Å². The van der Waals surface area contributed by atoms with Gasteiger partial charge < -0.3 is 15.4 Å². The highest BCUT2D eigenvalue weighted by Gasteiger charge is 2.33. The summed E-state index contributed by atoms with van der Waals surface area (Å²) in [7, 11) is 3.55. The largest absolute Gasteiger partial charge is 0.476 e. The van der Waals surface area contributed by atoms with E-state index in [0.29, 0.717) is 12.6 Å². The maximum absolute atomic E-state index is 12.5. The number of primary amides is 1. The molecule has 0 fully saturated rings. The van der Waals surface area contributed by atoms with E-state index < -0.39 is 23.7 Å². The molecule has 5 nitrogen and oxygen atoms in total. The molecule has 2 N–H and O–H groups in total. The van der Waals surface area contributed by atoms with Crippen molar-refractivity contribution < 1.29 is 22.7 Å². The number of amides is 1. The Bertz CT molecular complexity index is 461. The third-order valence-corrected chi connectivity index (χ3v) is 2.19. The standard InChI is InChI=1S/C11H14F3N3O2/c1-17(2)5-6-19-10-7(9(15)18)3-4-8(16-10)11(12,13)14/h3-4H,5-6H2,1-2H3,(H2,15,18). The minimum Gasteiger partial charge on any atom is -0.476 e. The Hall–Kier alpha value is -1.83. The Morgan fingerprint density at radius 3 is 2.53 bits per heavy atom. The lowest BCUT2D eigenvalue weighted by Crippen LogP contribution is -2.22. The number of nitrogens with zero attached hydrogens (tertiary/aromatic N) is 2. The smallest absolute Gasteiger partial charge is 0.433 e. The Morgan fingerprint density at radius 2 is 2.05 bits per heavy atom. The Balaban J connectivity index is 2.99. The molecule has 0 spiro atoms. The van der Waals surface area contributed by atoms with Crippen molar-refractivity contribution in [1.82, 2.24) is 9.88 Å². The number of rotatable bonds is 5. The Kier molecular flexibility index (Phi) is 4.71. The highest BCUT2D eigenvalue weighted by molar-refractivity contribution is 5.95. The van der Waals surface area contributed by atoms with E-state index in [2.05, 4.69) is 4.98 Å². The second-order valence-corrected chi connectivity index (χ2v) is 4.06. The van der Waals surface area contributed by atoms with Gasteiger partial charge in [0.15, 0.2) is 0 Å². The molecule has 1 aromatic rings. The first-order chi connectivity index (χ1) is 8.71. The third kappa shape index (κ3) is 4.40. The van der Waals surface area contributed by atoms with Gasteiger partial charge >= 0.3 is 6.18 Å². The monoisotopic (exact) mass is 277 g/mol. The van der Waals surface area contributed by atoms with Crippen LogP contribution in [0.25, 0.3) is 0 Å². The van der Waals surface area contributed by atoms with Crippen LogP contribution in [0.1, 0.15) is 16.1 Å². The van der Waals surface area contributed by atoms with E-state index >= 15 is 0 Å². The molecule has 0 aliphatic carbocycles. The number of alkyl halides is 3. The summed E-state index contributed by atoms with van der Waals surface area (Å²) in [5.74, 6) is -1.29. The van der Waals surface area contributed by atoms with Crippen LogP contribution in [-0.2, 0) is 6.18 Å². The van der Waals surface area contributed by atoms with Crippen LogP contribution < -0.4 is 10.5 Å². The van der Waals surface area contributed by atoms with E-state index in [4.69, 9.17) is 10.5 Å². The van der Waals surface area contributed by atoms with Gasteiger partial charge in [-0.3, -0.25) is 4.79 Å². The molecule has 0 aromatic carbocycles. The summed E-state index contributed by atoms with van der Waals surface area (Å²) in [5, 5.41) is 0. The van der Waals surface area contributed by atoms with Crippen molar-refractivity contribution in [1.29, 1.82) is 0 Å². The zero-order chi connectivity index (χ0) is 14.6. The van der Waals surface area contributed by atoms with Gasteiger partial charge in [-0.25, -0.2) is 4.98 Å². The molecule has 1 heterocycles. The number of likely N-dealkylation sites (N-methyl/N-ethyl adjacent to an activating group) is 1. The average Bonchev–Trinajstić information content (AvgIpc) is 2.26. The summed E-state index contributed by atoms with van der Waals surface area (Å²) in [6.07, 6.45) is -4.60. The van der Waals surface area contributed by atoms with E-state index in [1.165, 1.54) is 0 Å². The number of pyridine rings is 1. The molecule has 0 aliphatic heterocycles. The second-order valence-electron chi connectivity index (χ2n) is 4.06. The molecule has 106 valence electrons. The summed E-state index contributed by atoms with van der Waals surface area (Å²) in [6, 6.07) is 1.65. The minimum atomic E-state index is -4.60. The quantitative estimate of drug-likeness (QED) is 0.876. The van der Waals surface area contributed by atoms with Crippen molar-refractivity contribution >= 4 is 5.91 Å². The van der Waals surface area contributed by atoms with Crippen LogP contribution in [0.4, 0.5) is 13.2 Å². The number of aromatic nitrogens is 1. The highest BCUT2D eigenvalue weighted by atomic mass is 19.4. The summed E-state index contributed by atoms with van der Waals surface area (Å²) in [5.41, 5.74) is 3.75. The molecule has 0 saturated heterocycles. The summed E-state index contributed by atoms with van der Waals surface area (Å²) >= 11 is 0. The highest BCUT2D eigenvalue weighted by Crippen LogP contribution is 2.30. The van der Waals surface area contributed by atoms with E-state index in [9.17, 15) is 18.0 Å². The predicted molar refractivity (Wildman–Crippen MR) is 61.8 cm³/mol. The van der Waals surface area contributed by atoms with Crippen LogP contribution in [0.2, 0.25) is 0 Å². The molecule has 8 heteroatoms. The van der Waals surface area contributed by atoms with Crippen LogP contribution in [-0.4, -0.2) is 43.0 Å². The predicted octanol–water partition coefficient (Wildman–Crippen LogP) is 1.14. The number of hydrogen-bond acceptors (Lipinski definition) is 4. The third-order valence-electron chi connectivity index (χ3n) is 2.19. The van der Waals surface area contributed by atoms with E-state index in [1.807, 2.05) is 0 Å². The molecule has 0 radical (unpaired) electrons. The minimum absolute atomic E-state index is 0.0988. The maximum Gasteiger partial charge on any atom is 0.433 e. The first-order valence-corrected chi connectivity index (χ1v) is 5.37. The normalized spacial score (nSPS) is 11.7. The number of hydrogen-bond donors (Lipinski definition) is 1. The van der Waals surface area contributed by atoms with Gasteiger partial charge in [0, 0.05) is 6.54 Å². The zero-order valence-electron chi connectivity index (χ0n) is 10.5. The molecule has 1 amide bonds. The molecule has 1 aromatic heterocycles. The van der Waals surface area contributed by atoms with E-state index in [1.54, 1.807) is 19.0 Å². The van der Waals surface area contributed by atoms with Gasteiger partial charge in [-0.05, 0) is 26.2 Å². The fourth-order valence-corrected chi connectivity index (χ4v) is 1.22. The topological polar surface area (TPSA) is 68.4 Å². The van der Waals surface area contributed by atoms with Crippen molar-refractivity contribution in [2.45, 2.75) is 6.18 Å². The lowest BCUT2D eigenvalue weighted by Gasteiger charge is -2.13. The molecule has 19 heavy (non-hydrogen) atoms. The van der Waals surface area contributed by atoms with Crippen molar-refractivity contribution in [2.24, 2.45) is 5.73 Å². The van der Waals surface area contributed by atoms with Gasteiger partial charge in [-0.1, -0.05) is 0 Å². The van der Waals surface area contributed by atoms with Crippen molar-refractivity contribution in [3.05, 3.63) is 23.4 Å². The lowest BCUT2D eigenvalue weighted by molar-refractivity contribution is -0.141. The van der Waals surface area contributed by atoms with Crippen molar-refractivity contribution in [3.63, 3.8) is 0 Å². The van der Waals surface area contributed by atoms with Gasteiger partial charge in [-0.2, -0.15) is 13.2 Å². The molecule has 1 rings (SSSR count). The van der Waals surface area contributed by atoms with Gasteiger partial charge in [-0.15, -0.1) is 0 Å². The van der Waals surface area contributed by atoms with Crippen LogP contribution >= 0.6 is 0 Å². The van der Waals surface area contributed by atoms with E-state index in [0.717, 1.165) is 6.07 Å². The van der Waals surface area contributed by atoms with Crippen molar-refractivity contribution in [2.75, 3.05) is 27.2 Å². The number of carbonyl (C=O) groups excluding carboxylic acids is 1. The first kappa shape index (κ1) is 15.2. The second kappa shape index (κ2) is 5.87. The SMILES string of the molecule is CN(C)CCOc1nc(C(F)(F)F)ccc1C(N)=O. The van der Waals surface area contributed by atoms with Crippen LogP contribution in [0, 0.1) is 0 Å². The summed E-state index contributed by atoms with van der Waals surface area (Å²) < 4.78 is 42.6. The fourth-order valence-electron chi connectivity index (χ4n) is 1.22. The molecular formula is C11H14F3N3O2. The van der Waals surface area contributed by atoms with E-state index in [-0.39, 0.29) is 12.2 Å². The van der Waals surface area contributed by atoms with Crippen LogP contribution in [0.15, 0.2) is 12.1 Å². The average molecular weight is 277 g/mol. The van der Waals surface area contributed by atoms with Gasteiger partial charge in [0.05, 0.1) is 0 Å². The van der Waals surface area contributed by atoms with Crippen LogP contribution in [0.3, 0.4) is 0 Å². The zero-order valence-corrected chi connectivity index (χ0v) is 10.5. The molecule has 0 bridgehead atoms. The lowest BCUT2D eigenvalue weighted by atomic mass is 10.2. The Morgan fingerprint density at radius 1 is 1.42 bits per heavy atom. The summed E-state index contributed by atoms with van der Waals surface area (Å²) in [4.78, 5) is 16.2. The first-order valence-electron chi connectivity index (χ1n) is 5.37. The van der Waals surface area contributed by atoms with Crippen LogP contribution in [0.5, 0.6) is 5.88 Å². The van der Waals surface area contributed by atoms with Crippen molar-refractivity contribution in [3.8, 4) is 5.88 Å². The molecule has 0 unspecified atom stereocenters. The van der Waals surface area contributed by atoms with Gasteiger partial charge in [0.25, 0.3) is 5.91 Å². The number of halogens is 3. The molecule has 0 saturated carbocycles. The number of ether oxygens (including phenoxy) is 1. The molecule has 0 aliphatic rings. The number of nitrogens with two attached hydrogens (primary N) is 1. The Labute approximate surface area is 108 Å². The summed E-state index contributed by atoms with van der Waals surface area (Å²) in [6.45, 7) is 0.567.